The zero-order valence-electron chi connectivity index (χ0n) is 13.3. The second-order valence-corrected chi connectivity index (χ2v) is 6.30. The van der Waals surface area contributed by atoms with E-state index in [1.165, 1.54) is 18.7 Å². The van der Waals surface area contributed by atoms with Gasteiger partial charge >= 0.3 is 5.97 Å². The fourth-order valence-corrected chi connectivity index (χ4v) is 3.55. The number of Topliss-reactive ketones (excluding diaryl/α,β-unsaturated/α-hetero) is 1. The molecule has 3 nitrogen and oxygen atoms in total. The third-order valence-electron chi connectivity index (χ3n) is 3.35. The Morgan fingerprint density at radius 1 is 0.957 bits per heavy atom. The molecule has 0 saturated heterocycles. The summed E-state index contributed by atoms with van der Waals surface area (Å²) in [6, 6.07) is 19.8. The number of hydrogen-bond acceptors (Lipinski definition) is 4. The van der Waals surface area contributed by atoms with E-state index in [1.807, 2.05) is 60.7 Å². The Hall–Kier alpha value is -2.07. The molecule has 0 N–H and O–H groups in total. The minimum Gasteiger partial charge on any atom is -0.465 e. The van der Waals surface area contributed by atoms with Gasteiger partial charge in [-0.25, -0.2) is 0 Å². The van der Waals surface area contributed by atoms with Crippen molar-refractivity contribution in [3.05, 3.63) is 71.8 Å². The molecule has 2 aromatic rings. The van der Waals surface area contributed by atoms with Crippen molar-refractivity contribution in [2.24, 2.45) is 0 Å². The molecular formula is C19H20O3S. The average Bonchev–Trinajstić information content (AvgIpc) is 2.57. The molecule has 0 aromatic heterocycles. The second kappa shape index (κ2) is 8.53. The number of ketones is 1. The second-order valence-electron chi connectivity index (χ2n) is 5.08. The van der Waals surface area contributed by atoms with Gasteiger partial charge in [-0.1, -0.05) is 60.7 Å². The van der Waals surface area contributed by atoms with Crippen LogP contribution in [0.15, 0.2) is 60.7 Å². The fourth-order valence-electron chi connectivity index (χ4n) is 2.28. The monoisotopic (exact) mass is 328 g/mol. The SMILES string of the molecule is CCOC(=O)C(SC(c1ccccc1)c1ccccc1)C(C)=O. The van der Waals surface area contributed by atoms with E-state index in [2.05, 4.69) is 0 Å². The first kappa shape index (κ1) is 17.3. The van der Waals surface area contributed by atoms with Gasteiger partial charge in [-0.3, -0.25) is 9.59 Å². The maximum Gasteiger partial charge on any atom is 0.326 e. The van der Waals surface area contributed by atoms with Crippen molar-refractivity contribution in [1.82, 2.24) is 0 Å². The van der Waals surface area contributed by atoms with Crippen LogP contribution in [0.5, 0.6) is 0 Å². The Labute approximate surface area is 141 Å². The molecule has 0 heterocycles. The standard InChI is InChI=1S/C19H20O3S/c1-3-22-19(21)17(14(2)20)23-18(15-10-6-4-7-11-15)16-12-8-5-9-13-16/h4-13,17-18H,3H2,1-2H3. The van der Waals surface area contributed by atoms with Crippen LogP contribution in [-0.4, -0.2) is 23.6 Å². The van der Waals surface area contributed by atoms with Crippen molar-refractivity contribution < 1.29 is 14.3 Å². The van der Waals surface area contributed by atoms with Crippen LogP contribution in [0.1, 0.15) is 30.2 Å². The quantitative estimate of drug-likeness (QED) is 0.568. The van der Waals surface area contributed by atoms with E-state index in [0.29, 0.717) is 0 Å². The molecule has 0 aliphatic rings. The van der Waals surface area contributed by atoms with E-state index in [4.69, 9.17) is 4.74 Å². The first-order valence-corrected chi connectivity index (χ1v) is 8.50. The summed E-state index contributed by atoms with van der Waals surface area (Å²) in [6.45, 7) is 3.44. The van der Waals surface area contributed by atoms with Gasteiger partial charge in [0.05, 0.1) is 11.9 Å². The van der Waals surface area contributed by atoms with E-state index < -0.39 is 11.2 Å². The molecular weight excluding hydrogens is 308 g/mol. The smallest absolute Gasteiger partial charge is 0.326 e. The minimum absolute atomic E-state index is 0.101. The van der Waals surface area contributed by atoms with E-state index in [9.17, 15) is 9.59 Å². The highest BCUT2D eigenvalue weighted by atomic mass is 32.2. The molecule has 0 bridgehead atoms. The lowest BCUT2D eigenvalue weighted by atomic mass is 10.0. The Bertz CT molecular complexity index is 601. The highest BCUT2D eigenvalue weighted by molar-refractivity contribution is 8.01. The molecule has 120 valence electrons. The molecule has 0 fully saturated rings. The maximum atomic E-state index is 12.1. The van der Waals surface area contributed by atoms with Crippen molar-refractivity contribution >= 4 is 23.5 Å². The lowest BCUT2D eigenvalue weighted by Gasteiger charge is -2.21. The number of ether oxygens (including phenoxy) is 1. The lowest BCUT2D eigenvalue weighted by Crippen LogP contribution is -2.28. The van der Waals surface area contributed by atoms with Crippen molar-refractivity contribution in [3.8, 4) is 0 Å². The Morgan fingerprint density at radius 2 is 1.43 bits per heavy atom. The predicted molar refractivity (Wildman–Crippen MR) is 93.4 cm³/mol. The molecule has 0 aliphatic carbocycles. The van der Waals surface area contributed by atoms with Crippen LogP contribution in [0.3, 0.4) is 0 Å². The largest absolute Gasteiger partial charge is 0.465 e. The molecule has 0 radical (unpaired) electrons. The number of thioether (sulfide) groups is 1. The van der Waals surface area contributed by atoms with E-state index in [1.54, 1.807) is 6.92 Å². The van der Waals surface area contributed by atoms with Crippen LogP contribution in [0, 0.1) is 0 Å². The topological polar surface area (TPSA) is 43.4 Å². The number of carbonyl (C=O) groups is 2. The lowest BCUT2D eigenvalue weighted by molar-refractivity contribution is -0.144. The van der Waals surface area contributed by atoms with Gasteiger partial charge in [0.2, 0.25) is 0 Å². The van der Waals surface area contributed by atoms with Gasteiger partial charge in [0, 0.05) is 0 Å². The highest BCUT2D eigenvalue weighted by Crippen LogP contribution is 2.38. The average molecular weight is 328 g/mol. The van der Waals surface area contributed by atoms with E-state index in [0.717, 1.165) is 11.1 Å². The van der Waals surface area contributed by atoms with Crippen molar-refractivity contribution in [2.45, 2.75) is 24.3 Å². The third kappa shape index (κ3) is 4.70. The molecule has 1 atom stereocenters. The van der Waals surface area contributed by atoms with Crippen LogP contribution in [0.25, 0.3) is 0 Å². The van der Waals surface area contributed by atoms with Crippen molar-refractivity contribution in [3.63, 3.8) is 0 Å². The summed E-state index contributed by atoms with van der Waals surface area (Å²) in [5.41, 5.74) is 2.11. The maximum absolute atomic E-state index is 12.1. The van der Waals surface area contributed by atoms with Crippen molar-refractivity contribution in [1.29, 1.82) is 0 Å². The Morgan fingerprint density at radius 3 is 1.83 bits per heavy atom. The Kier molecular flexibility index (Phi) is 6.41. The van der Waals surface area contributed by atoms with Gasteiger partial charge in [0.1, 0.15) is 0 Å². The summed E-state index contributed by atoms with van der Waals surface area (Å²) in [6.07, 6.45) is 0. The molecule has 2 rings (SSSR count). The minimum atomic E-state index is -0.819. The molecule has 1 unspecified atom stereocenters. The van der Waals surface area contributed by atoms with Gasteiger partial charge in [-0.15, -0.1) is 11.8 Å². The summed E-state index contributed by atoms with van der Waals surface area (Å²) in [4.78, 5) is 24.1. The first-order valence-electron chi connectivity index (χ1n) is 7.56. The van der Waals surface area contributed by atoms with Crippen LogP contribution in [0.2, 0.25) is 0 Å². The van der Waals surface area contributed by atoms with Gasteiger partial charge in [-0.05, 0) is 25.0 Å². The van der Waals surface area contributed by atoms with Gasteiger partial charge < -0.3 is 4.74 Å². The molecule has 0 aliphatic heterocycles. The number of rotatable bonds is 7. The Balaban J connectivity index is 2.34. The zero-order valence-corrected chi connectivity index (χ0v) is 14.1. The first-order chi connectivity index (χ1) is 11.1. The predicted octanol–water partition coefficient (Wildman–Crippen LogP) is 4.03. The normalized spacial score (nSPS) is 12.0. The molecule has 4 heteroatoms. The zero-order chi connectivity index (χ0) is 16.7. The summed E-state index contributed by atoms with van der Waals surface area (Å²) in [7, 11) is 0. The van der Waals surface area contributed by atoms with Gasteiger partial charge in [0.25, 0.3) is 0 Å². The number of hydrogen-bond donors (Lipinski definition) is 0. The summed E-state index contributed by atoms with van der Waals surface area (Å²) < 4.78 is 5.06. The molecule has 0 amide bonds. The fraction of sp³-hybridized carbons (Fsp3) is 0.263. The van der Waals surface area contributed by atoms with Crippen LogP contribution in [-0.2, 0) is 14.3 Å². The molecule has 0 spiro atoms. The van der Waals surface area contributed by atoms with E-state index in [-0.39, 0.29) is 17.6 Å². The highest BCUT2D eigenvalue weighted by Gasteiger charge is 2.30. The molecule has 23 heavy (non-hydrogen) atoms. The van der Waals surface area contributed by atoms with E-state index >= 15 is 0 Å². The molecule has 2 aromatic carbocycles. The van der Waals surface area contributed by atoms with Crippen LogP contribution in [0.4, 0.5) is 0 Å². The third-order valence-corrected chi connectivity index (χ3v) is 4.96. The van der Waals surface area contributed by atoms with Gasteiger partial charge in [-0.2, -0.15) is 0 Å². The number of benzene rings is 2. The molecule has 0 saturated carbocycles. The summed E-state index contributed by atoms with van der Waals surface area (Å²) in [5.74, 6) is -0.660. The van der Waals surface area contributed by atoms with Crippen LogP contribution < -0.4 is 0 Å². The summed E-state index contributed by atoms with van der Waals surface area (Å²) >= 11 is 1.33. The number of esters is 1. The van der Waals surface area contributed by atoms with Crippen molar-refractivity contribution in [2.75, 3.05) is 6.61 Å². The summed E-state index contributed by atoms with van der Waals surface area (Å²) in [5, 5.41) is -0.920. The van der Waals surface area contributed by atoms with Crippen LogP contribution >= 0.6 is 11.8 Å². The van der Waals surface area contributed by atoms with Gasteiger partial charge in [0.15, 0.2) is 11.0 Å². The number of carbonyl (C=O) groups excluding carboxylic acids is 2.